The minimum Gasteiger partial charge on any atom is -0.322 e. The van der Waals surface area contributed by atoms with Gasteiger partial charge >= 0.3 is 0 Å². The van der Waals surface area contributed by atoms with Crippen molar-refractivity contribution in [2.75, 3.05) is 5.32 Å². The summed E-state index contributed by atoms with van der Waals surface area (Å²) in [7, 11) is 0. The number of allylic oxidation sites excluding steroid dienone is 3. The topological polar surface area (TPSA) is 72.7 Å². The van der Waals surface area contributed by atoms with Gasteiger partial charge in [0.1, 0.15) is 0 Å². The highest BCUT2D eigenvalue weighted by Crippen LogP contribution is 2.34. The molecule has 0 fully saturated rings. The van der Waals surface area contributed by atoms with Crippen LogP contribution in [0.15, 0.2) is 73.2 Å². The zero-order valence-corrected chi connectivity index (χ0v) is 16.3. The first-order chi connectivity index (χ1) is 14.0. The van der Waals surface area contributed by atoms with Crippen molar-refractivity contribution in [2.45, 2.75) is 11.0 Å². The first kappa shape index (κ1) is 19.3. The number of pyridine rings is 1. The Hall–Kier alpha value is -3.03. The molecular weight excluding hydrogens is 416 g/mol. The van der Waals surface area contributed by atoms with Crippen LogP contribution in [0.5, 0.6) is 0 Å². The molecule has 0 spiro atoms. The van der Waals surface area contributed by atoms with E-state index >= 15 is 4.39 Å². The molecular formula is C20H14Cl2FN5O. The van der Waals surface area contributed by atoms with Crippen LogP contribution in [0.4, 0.5) is 10.1 Å². The standard InChI is InChI=1S/C20H14Cl2FN5O/c21-16-11-15(12-24-18(16)28-25-8-9-26-28)27-19(29)20(23)7-6-14(10-17(20)22)13-4-2-1-3-5-13/h1-12,17H,(H,27,29). The van der Waals surface area contributed by atoms with E-state index in [1.165, 1.54) is 41.6 Å². The SMILES string of the molecule is O=C(Nc1cnc(-n2nccn2)c(Cl)c1)C1(F)C=CC(c2ccccc2)=CC1Cl. The molecule has 1 aliphatic rings. The van der Waals surface area contributed by atoms with Gasteiger partial charge in [0.25, 0.3) is 5.91 Å². The van der Waals surface area contributed by atoms with Crippen molar-refractivity contribution in [3.63, 3.8) is 0 Å². The van der Waals surface area contributed by atoms with Crippen LogP contribution in [0.1, 0.15) is 5.56 Å². The molecule has 0 bridgehead atoms. The van der Waals surface area contributed by atoms with Gasteiger partial charge in [-0.2, -0.15) is 10.2 Å². The van der Waals surface area contributed by atoms with E-state index in [2.05, 4.69) is 20.5 Å². The summed E-state index contributed by atoms with van der Waals surface area (Å²) in [5.74, 6) is -0.632. The van der Waals surface area contributed by atoms with Gasteiger partial charge < -0.3 is 5.32 Å². The largest absolute Gasteiger partial charge is 0.322 e. The number of carbonyl (C=O) groups excluding carboxylic acids is 1. The second-order valence-electron chi connectivity index (χ2n) is 6.29. The number of halogens is 3. The molecule has 3 aromatic rings. The van der Waals surface area contributed by atoms with Crippen LogP contribution < -0.4 is 5.32 Å². The van der Waals surface area contributed by atoms with Crippen LogP contribution in [0, 0.1) is 0 Å². The molecule has 0 saturated heterocycles. The third-order valence-corrected chi connectivity index (χ3v) is 5.10. The molecule has 2 aromatic heterocycles. The number of alkyl halides is 2. The zero-order valence-electron chi connectivity index (χ0n) is 14.8. The van der Waals surface area contributed by atoms with Gasteiger partial charge in [0, 0.05) is 0 Å². The van der Waals surface area contributed by atoms with E-state index < -0.39 is 17.0 Å². The van der Waals surface area contributed by atoms with Gasteiger partial charge in [0.05, 0.1) is 34.7 Å². The van der Waals surface area contributed by atoms with Crippen LogP contribution >= 0.6 is 23.2 Å². The van der Waals surface area contributed by atoms with E-state index in [1.54, 1.807) is 6.08 Å². The second-order valence-corrected chi connectivity index (χ2v) is 7.17. The average Bonchev–Trinajstić information content (AvgIpc) is 3.25. The molecule has 146 valence electrons. The Balaban J connectivity index is 1.52. The number of hydrogen-bond acceptors (Lipinski definition) is 4. The van der Waals surface area contributed by atoms with E-state index in [0.717, 1.165) is 11.1 Å². The van der Waals surface area contributed by atoms with E-state index in [-0.39, 0.29) is 16.5 Å². The maximum atomic E-state index is 15.4. The lowest BCUT2D eigenvalue weighted by Crippen LogP contribution is -2.45. The molecule has 9 heteroatoms. The molecule has 1 aliphatic carbocycles. The summed E-state index contributed by atoms with van der Waals surface area (Å²) in [6, 6.07) is 10.8. The quantitative estimate of drug-likeness (QED) is 0.629. The van der Waals surface area contributed by atoms with Crippen molar-refractivity contribution in [3.8, 4) is 5.82 Å². The maximum Gasteiger partial charge on any atom is 0.268 e. The number of hydrogen-bond donors (Lipinski definition) is 1. The lowest BCUT2D eigenvalue weighted by Gasteiger charge is -2.27. The smallest absolute Gasteiger partial charge is 0.268 e. The highest BCUT2D eigenvalue weighted by atomic mass is 35.5. The van der Waals surface area contributed by atoms with Crippen LogP contribution in [-0.2, 0) is 4.79 Å². The highest BCUT2D eigenvalue weighted by molar-refractivity contribution is 6.32. The van der Waals surface area contributed by atoms with Gasteiger partial charge in [-0.1, -0.05) is 54.1 Å². The molecule has 0 aliphatic heterocycles. The molecule has 4 rings (SSSR count). The van der Waals surface area contributed by atoms with Gasteiger partial charge in [0.15, 0.2) is 5.82 Å². The summed E-state index contributed by atoms with van der Waals surface area (Å²) in [5, 5.41) is 9.37. The number of benzene rings is 1. The first-order valence-electron chi connectivity index (χ1n) is 8.60. The summed E-state index contributed by atoms with van der Waals surface area (Å²) < 4.78 is 15.4. The molecule has 0 saturated carbocycles. The van der Waals surface area contributed by atoms with Gasteiger partial charge in [-0.15, -0.1) is 16.4 Å². The molecule has 29 heavy (non-hydrogen) atoms. The minimum atomic E-state index is -2.42. The van der Waals surface area contributed by atoms with E-state index in [0.29, 0.717) is 0 Å². The number of nitrogens with one attached hydrogen (secondary N) is 1. The third kappa shape index (κ3) is 3.79. The molecule has 2 heterocycles. The number of rotatable bonds is 4. The second kappa shape index (κ2) is 7.77. The van der Waals surface area contributed by atoms with Crippen molar-refractivity contribution in [1.82, 2.24) is 20.0 Å². The van der Waals surface area contributed by atoms with Gasteiger partial charge in [-0.05, 0) is 23.3 Å². The number of aromatic nitrogens is 4. The van der Waals surface area contributed by atoms with Crippen LogP contribution in [0.25, 0.3) is 11.4 Å². The first-order valence-corrected chi connectivity index (χ1v) is 9.42. The Morgan fingerprint density at radius 3 is 2.59 bits per heavy atom. The molecule has 0 radical (unpaired) electrons. The third-order valence-electron chi connectivity index (χ3n) is 4.38. The number of amides is 1. The van der Waals surface area contributed by atoms with Crippen LogP contribution in [0.3, 0.4) is 0 Å². The number of nitrogens with zero attached hydrogens (tertiary/aromatic N) is 4. The molecule has 1 N–H and O–H groups in total. The number of anilines is 1. The Morgan fingerprint density at radius 2 is 1.93 bits per heavy atom. The molecule has 2 atom stereocenters. The van der Waals surface area contributed by atoms with Crippen molar-refractivity contribution in [2.24, 2.45) is 0 Å². The van der Waals surface area contributed by atoms with Crippen molar-refractivity contribution < 1.29 is 9.18 Å². The van der Waals surface area contributed by atoms with Crippen molar-refractivity contribution >= 4 is 40.4 Å². The fourth-order valence-corrected chi connectivity index (χ4v) is 3.41. The number of carbonyl (C=O) groups is 1. The fraction of sp³-hybridized carbons (Fsp3) is 0.100. The van der Waals surface area contributed by atoms with Crippen LogP contribution in [0.2, 0.25) is 5.02 Å². The molecule has 1 amide bonds. The summed E-state index contributed by atoms with van der Waals surface area (Å²) in [5.41, 5.74) is -0.569. The monoisotopic (exact) mass is 429 g/mol. The lowest BCUT2D eigenvalue weighted by atomic mass is 9.89. The molecule has 6 nitrogen and oxygen atoms in total. The van der Waals surface area contributed by atoms with Crippen LogP contribution in [-0.4, -0.2) is 36.9 Å². The maximum absolute atomic E-state index is 15.4. The summed E-state index contributed by atoms with van der Waals surface area (Å²) in [6.07, 6.45) is 8.54. The minimum absolute atomic E-state index is 0.194. The van der Waals surface area contributed by atoms with E-state index in [9.17, 15) is 4.79 Å². The van der Waals surface area contributed by atoms with E-state index in [4.69, 9.17) is 23.2 Å². The summed E-state index contributed by atoms with van der Waals surface area (Å²) >= 11 is 12.4. The summed E-state index contributed by atoms with van der Waals surface area (Å²) in [4.78, 5) is 18.0. The van der Waals surface area contributed by atoms with Gasteiger partial charge in [-0.3, -0.25) is 4.79 Å². The molecule has 1 aromatic carbocycles. The fourth-order valence-electron chi connectivity index (χ4n) is 2.86. The summed E-state index contributed by atoms with van der Waals surface area (Å²) in [6.45, 7) is 0. The highest BCUT2D eigenvalue weighted by Gasteiger charge is 2.44. The average molecular weight is 430 g/mol. The van der Waals surface area contributed by atoms with Crippen molar-refractivity contribution in [3.05, 3.63) is 83.8 Å². The Kier molecular flexibility index (Phi) is 5.17. The normalized spacial score (nSPS) is 20.9. The van der Waals surface area contributed by atoms with E-state index in [1.807, 2.05) is 30.3 Å². The van der Waals surface area contributed by atoms with Crippen molar-refractivity contribution in [1.29, 1.82) is 0 Å². The molecule has 2 unspecified atom stereocenters. The predicted octanol–water partition coefficient (Wildman–Crippen LogP) is 4.22. The lowest BCUT2D eigenvalue weighted by molar-refractivity contribution is -0.124. The Bertz CT molecular complexity index is 1100. The van der Waals surface area contributed by atoms with Gasteiger partial charge in [0.2, 0.25) is 5.67 Å². The predicted molar refractivity (Wildman–Crippen MR) is 110 cm³/mol. The Morgan fingerprint density at radius 1 is 1.21 bits per heavy atom. The van der Waals surface area contributed by atoms with Gasteiger partial charge in [-0.25, -0.2) is 9.37 Å². The zero-order chi connectivity index (χ0) is 20.4. The Labute approximate surface area is 175 Å².